The summed E-state index contributed by atoms with van der Waals surface area (Å²) in [6.07, 6.45) is 0.534. The van der Waals surface area contributed by atoms with Crippen LogP contribution in [0.3, 0.4) is 0 Å². The molecule has 2 N–H and O–H groups in total. The molecule has 1 aliphatic heterocycles. The number of rotatable bonds is 6. The van der Waals surface area contributed by atoms with Crippen LogP contribution in [0.25, 0.3) is 0 Å². The Labute approximate surface area is 173 Å². The number of benzene rings is 2. The van der Waals surface area contributed by atoms with E-state index in [4.69, 9.17) is 0 Å². The smallest absolute Gasteiger partial charge is 0.279 e. The van der Waals surface area contributed by atoms with Gasteiger partial charge in [0, 0.05) is 12.1 Å². The summed E-state index contributed by atoms with van der Waals surface area (Å²) < 4.78 is 0. The summed E-state index contributed by atoms with van der Waals surface area (Å²) in [7, 11) is 0. The third-order valence-electron chi connectivity index (χ3n) is 5.83. The van der Waals surface area contributed by atoms with Gasteiger partial charge in [-0.25, -0.2) is 0 Å². The van der Waals surface area contributed by atoms with Crippen LogP contribution in [0.15, 0.2) is 48.5 Å². The molecule has 1 aliphatic rings. The third-order valence-corrected chi connectivity index (χ3v) is 5.83. The minimum absolute atomic E-state index is 0.0369. The first-order valence-electron chi connectivity index (χ1n) is 10.5. The molecule has 1 atom stereocenters. The van der Waals surface area contributed by atoms with Crippen molar-refractivity contribution in [2.24, 2.45) is 0 Å². The van der Waals surface area contributed by atoms with Crippen LogP contribution < -0.4 is 10.2 Å². The van der Waals surface area contributed by atoms with Crippen molar-refractivity contribution in [2.45, 2.75) is 33.1 Å². The van der Waals surface area contributed by atoms with E-state index >= 15 is 0 Å². The van der Waals surface area contributed by atoms with Crippen LogP contribution in [0, 0.1) is 13.8 Å². The lowest BCUT2D eigenvalue weighted by Crippen LogP contribution is -3.15. The lowest BCUT2D eigenvalue weighted by molar-refractivity contribution is -0.895. The molecule has 0 spiro atoms. The Bertz CT molecular complexity index is 822. The maximum Gasteiger partial charge on any atom is 0.279 e. The summed E-state index contributed by atoms with van der Waals surface area (Å²) in [6.45, 7) is 9.62. The fourth-order valence-corrected chi connectivity index (χ4v) is 3.96. The number of carbonyl (C=O) groups is 2. The Morgan fingerprint density at radius 3 is 2.24 bits per heavy atom. The van der Waals surface area contributed by atoms with E-state index in [0.717, 1.165) is 29.9 Å². The molecule has 2 amide bonds. The first-order chi connectivity index (χ1) is 13.9. The molecule has 0 aromatic heterocycles. The van der Waals surface area contributed by atoms with Crippen LogP contribution in [0.5, 0.6) is 0 Å². The third kappa shape index (κ3) is 5.67. The van der Waals surface area contributed by atoms with E-state index in [1.807, 2.05) is 55.1 Å². The maximum absolute atomic E-state index is 12.7. The Kier molecular flexibility index (Phi) is 7.04. The summed E-state index contributed by atoms with van der Waals surface area (Å²) in [6, 6.07) is 16.2. The predicted octanol–water partition coefficient (Wildman–Crippen LogP) is 2.16. The van der Waals surface area contributed by atoms with Gasteiger partial charge in [-0.15, -0.1) is 0 Å². The van der Waals surface area contributed by atoms with Gasteiger partial charge >= 0.3 is 0 Å². The molecule has 0 bridgehead atoms. The van der Waals surface area contributed by atoms with Gasteiger partial charge in [-0.3, -0.25) is 9.59 Å². The van der Waals surface area contributed by atoms with Gasteiger partial charge in [-0.1, -0.05) is 55.5 Å². The van der Waals surface area contributed by atoms with Gasteiger partial charge in [0.15, 0.2) is 6.54 Å². The number of hydrogen-bond donors (Lipinski definition) is 2. The van der Waals surface area contributed by atoms with Gasteiger partial charge in [-0.2, -0.15) is 0 Å². The van der Waals surface area contributed by atoms with Crippen LogP contribution in [-0.2, 0) is 9.59 Å². The molecular formula is C24H32N3O2+. The fraction of sp³-hybridized carbons (Fsp3) is 0.417. The second kappa shape index (κ2) is 9.70. The van der Waals surface area contributed by atoms with Crippen molar-refractivity contribution in [3.63, 3.8) is 0 Å². The van der Waals surface area contributed by atoms with Gasteiger partial charge in [0.05, 0.1) is 26.2 Å². The molecule has 0 saturated carbocycles. The van der Waals surface area contributed by atoms with Crippen molar-refractivity contribution in [1.29, 1.82) is 0 Å². The summed E-state index contributed by atoms with van der Waals surface area (Å²) >= 11 is 0. The summed E-state index contributed by atoms with van der Waals surface area (Å²) in [5.74, 6) is 0.465. The number of quaternary nitrogens is 1. The number of para-hydroxylation sites is 1. The van der Waals surface area contributed by atoms with Gasteiger partial charge in [-0.05, 0) is 36.5 Å². The van der Waals surface area contributed by atoms with E-state index in [2.05, 4.69) is 24.4 Å². The molecule has 2 aromatic carbocycles. The minimum Gasteiger partial charge on any atom is -0.331 e. The molecule has 1 heterocycles. The Balaban J connectivity index is 1.45. The van der Waals surface area contributed by atoms with Crippen LogP contribution in [-0.4, -0.2) is 49.4 Å². The summed E-state index contributed by atoms with van der Waals surface area (Å²) in [5, 5.41) is 3.06. The molecule has 0 unspecified atom stereocenters. The zero-order valence-corrected chi connectivity index (χ0v) is 17.7. The highest BCUT2D eigenvalue weighted by atomic mass is 16.2. The molecule has 29 heavy (non-hydrogen) atoms. The lowest BCUT2D eigenvalue weighted by Gasteiger charge is -2.32. The second-order valence-corrected chi connectivity index (χ2v) is 8.14. The van der Waals surface area contributed by atoms with Crippen LogP contribution >= 0.6 is 0 Å². The predicted molar refractivity (Wildman–Crippen MR) is 116 cm³/mol. The van der Waals surface area contributed by atoms with Gasteiger partial charge < -0.3 is 15.1 Å². The first kappa shape index (κ1) is 21.1. The standard InChI is InChI=1S/C24H31N3O2/c1-18-8-7-9-19(2)24(18)25-22(28)17-26-12-14-27(15-13-26)23(29)16-20(3)21-10-5-4-6-11-21/h4-11,20H,12-17H2,1-3H3,(H,25,28)/p+1/t20-/m1/s1. The van der Waals surface area contributed by atoms with Gasteiger partial charge in [0.25, 0.3) is 5.91 Å². The minimum atomic E-state index is 0.0369. The number of anilines is 1. The molecule has 1 saturated heterocycles. The van der Waals surface area contributed by atoms with Crippen LogP contribution in [0.2, 0.25) is 0 Å². The SMILES string of the molecule is Cc1cccc(C)c1NC(=O)C[NH+]1CCN(C(=O)C[C@@H](C)c2ccccc2)CC1. The van der Waals surface area contributed by atoms with Crippen LogP contribution in [0.4, 0.5) is 5.69 Å². The average Bonchev–Trinajstić information content (AvgIpc) is 2.72. The highest BCUT2D eigenvalue weighted by Gasteiger charge is 2.26. The molecule has 1 fully saturated rings. The van der Waals surface area contributed by atoms with Crippen LogP contribution in [0.1, 0.15) is 36.0 Å². The van der Waals surface area contributed by atoms with Crippen molar-refractivity contribution >= 4 is 17.5 Å². The summed E-state index contributed by atoms with van der Waals surface area (Å²) in [5.41, 5.74) is 4.28. The lowest BCUT2D eigenvalue weighted by atomic mass is 9.97. The van der Waals surface area contributed by atoms with E-state index in [-0.39, 0.29) is 17.7 Å². The van der Waals surface area contributed by atoms with Crippen molar-refractivity contribution in [2.75, 3.05) is 38.0 Å². The second-order valence-electron chi connectivity index (χ2n) is 8.14. The Hall–Kier alpha value is -2.66. The molecule has 0 radical (unpaired) electrons. The van der Waals surface area contributed by atoms with E-state index < -0.39 is 0 Å². The van der Waals surface area contributed by atoms with E-state index in [1.165, 1.54) is 10.5 Å². The maximum atomic E-state index is 12.7. The van der Waals surface area contributed by atoms with Gasteiger partial charge in [0.1, 0.15) is 0 Å². The molecule has 154 valence electrons. The molecular weight excluding hydrogens is 362 g/mol. The van der Waals surface area contributed by atoms with Crippen molar-refractivity contribution in [1.82, 2.24) is 4.90 Å². The zero-order chi connectivity index (χ0) is 20.8. The zero-order valence-electron chi connectivity index (χ0n) is 17.7. The summed E-state index contributed by atoms with van der Waals surface area (Å²) in [4.78, 5) is 28.3. The molecule has 5 heteroatoms. The quantitative estimate of drug-likeness (QED) is 0.789. The molecule has 3 rings (SSSR count). The topological polar surface area (TPSA) is 53.9 Å². The number of amides is 2. The van der Waals surface area contributed by atoms with Crippen molar-refractivity contribution in [3.05, 3.63) is 65.2 Å². The highest BCUT2D eigenvalue weighted by Crippen LogP contribution is 2.20. The number of aryl methyl sites for hydroxylation is 2. The number of nitrogens with zero attached hydrogens (tertiary/aromatic N) is 1. The molecule has 5 nitrogen and oxygen atoms in total. The monoisotopic (exact) mass is 394 g/mol. The fourth-order valence-electron chi connectivity index (χ4n) is 3.96. The molecule has 2 aromatic rings. The van der Waals surface area contributed by atoms with Crippen molar-refractivity contribution < 1.29 is 14.5 Å². The normalized spacial score (nSPS) is 15.8. The van der Waals surface area contributed by atoms with E-state index in [9.17, 15) is 9.59 Å². The number of piperazine rings is 1. The average molecular weight is 395 g/mol. The largest absolute Gasteiger partial charge is 0.331 e. The molecule has 0 aliphatic carbocycles. The number of hydrogen-bond acceptors (Lipinski definition) is 2. The van der Waals surface area contributed by atoms with E-state index in [1.54, 1.807) is 0 Å². The first-order valence-corrected chi connectivity index (χ1v) is 10.5. The van der Waals surface area contributed by atoms with E-state index in [0.29, 0.717) is 26.1 Å². The van der Waals surface area contributed by atoms with Gasteiger partial charge in [0.2, 0.25) is 5.91 Å². The van der Waals surface area contributed by atoms with Crippen molar-refractivity contribution in [3.8, 4) is 0 Å². The highest BCUT2D eigenvalue weighted by molar-refractivity contribution is 5.93. The Morgan fingerprint density at radius 1 is 1.00 bits per heavy atom. The Morgan fingerprint density at radius 2 is 1.62 bits per heavy atom. The number of carbonyl (C=O) groups excluding carboxylic acids is 2. The number of nitrogens with one attached hydrogen (secondary N) is 2.